The predicted molar refractivity (Wildman–Crippen MR) is 76.7 cm³/mol. The van der Waals surface area contributed by atoms with Crippen LogP contribution in [0.25, 0.3) is 0 Å². The van der Waals surface area contributed by atoms with E-state index in [1.165, 1.54) is 11.8 Å². The Morgan fingerprint density at radius 1 is 1.39 bits per heavy atom. The Hall–Kier alpha value is -1.31. The van der Waals surface area contributed by atoms with Crippen molar-refractivity contribution in [1.29, 1.82) is 0 Å². The minimum Gasteiger partial charge on any atom is -0.392 e. The van der Waals surface area contributed by atoms with Gasteiger partial charge in [0.1, 0.15) is 5.71 Å². The lowest BCUT2D eigenvalue weighted by Gasteiger charge is -2.25. The smallest absolute Gasteiger partial charge is 0.187 e. The van der Waals surface area contributed by atoms with E-state index >= 15 is 0 Å². The maximum Gasteiger partial charge on any atom is 0.187 e. The molecule has 1 unspecified atom stereocenters. The number of aliphatic hydroxyl groups is 1. The third-order valence-corrected chi connectivity index (χ3v) is 3.04. The van der Waals surface area contributed by atoms with Gasteiger partial charge in [0, 0.05) is 0 Å². The van der Waals surface area contributed by atoms with Crippen molar-refractivity contribution in [2.24, 2.45) is 25.7 Å². The zero-order valence-corrected chi connectivity index (χ0v) is 11.1. The number of aliphatic imine (C=N–C) groups is 4. The topological polar surface area (TPSA) is 95.7 Å². The van der Waals surface area contributed by atoms with E-state index in [9.17, 15) is 5.11 Å². The largest absolute Gasteiger partial charge is 0.392 e. The number of hydrogen-bond donors (Lipinski definition) is 2. The van der Waals surface area contributed by atoms with Crippen LogP contribution in [0.3, 0.4) is 0 Å². The van der Waals surface area contributed by atoms with Crippen LogP contribution in [0.2, 0.25) is 0 Å². The van der Waals surface area contributed by atoms with Crippen LogP contribution >= 0.6 is 11.8 Å². The summed E-state index contributed by atoms with van der Waals surface area (Å²) in [5.41, 5.74) is 5.23. The first-order valence-corrected chi connectivity index (χ1v) is 6.82. The van der Waals surface area contributed by atoms with Crippen LogP contribution in [-0.2, 0) is 0 Å². The molecule has 7 heteroatoms. The molecule has 0 radical (unpaired) electrons. The van der Waals surface area contributed by atoms with E-state index in [1.807, 2.05) is 25.3 Å². The highest BCUT2D eigenvalue weighted by Gasteiger charge is 2.40. The van der Waals surface area contributed by atoms with Crippen molar-refractivity contribution in [3.8, 4) is 0 Å². The molecule has 0 saturated carbocycles. The molecule has 96 valence electrons. The van der Waals surface area contributed by atoms with Gasteiger partial charge in [-0.2, -0.15) is 0 Å². The van der Waals surface area contributed by atoms with Crippen LogP contribution in [-0.4, -0.2) is 46.2 Å². The molecule has 2 aliphatic heterocycles. The molecule has 0 spiro atoms. The van der Waals surface area contributed by atoms with E-state index < -0.39 is 5.66 Å². The van der Waals surface area contributed by atoms with E-state index in [4.69, 9.17) is 5.73 Å². The van der Waals surface area contributed by atoms with Gasteiger partial charge in [-0.15, -0.1) is 0 Å². The van der Waals surface area contributed by atoms with Crippen LogP contribution in [0.1, 0.15) is 13.3 Å². The van der Waals surface area contributed by atoms with Gasteiger partial charge in [0.25, 0.3) is 0 Å². The first kappa shape index (κ1) is 13.1. The zero-order chi connectivity index (χ0) is 13.2. The predicted octanol–water partition coefficient (Wildman–Crippen LogP) is 0.584. The van der Waals surface area contributed by atoms with Gasteiger partial charge >= 0.3 is 0 Å². The van der Waals surface area contributed by atoms with Gasteiger partial charge < -0.3 is 5.11 Å². The average Bonchev–Trinajstić information content (AvgIpc) is 2.80. The lowest BCUT2D eigenvalue weighted by atomic mass is 10.1. The molecule has 2 heterocycles. The molecular weight excluding hydrogens is 250 g/mol. The van der Waals surface area contributed by atoms with Gasteiger partial charge in [0.2, 0.25) is 0 Å². The van der Waals surface area contributed by atoms with Crippen molar-refractivity contribution in [2.45, 2.75) is 19.0 Å². The summed E-state index contributed by atoms with van der Waals surface area (Å²) in [6.45, 7) is 1.70. The van der Waals surface area contributed by atoms with Gasteiger partial charge in [0.15, 0.2) is 22.5 Å². The summed E-state index contributed by atoms with van der Waals surface area (Å²) < 4.78 is 0. The fourth-order valence-electron chi connectivity index (χ4n) is 1.56. The van der Waals surface area contributed by atoms with Crippen LogP contribution in [0.5, 0.6) is 0 Å². The summed E-state index contributed by atoms with van der Waals surface area (Å²) in [4.78, 5) is 17.0. The second kappa shape index (κ2) is 5.13. The Balaban J connectivity index is 2.39. The number of aliphatic hydroxyl groups excluding tert-OH is 1. The molecule has 18 heavy (non-hydrogen) atoms. The minimum atomic E-state index is -1.24. The maximum atomic E-state index is 9.43. The number of thioether (sulfide) groups is 1. The first-order valence-electron chi connectivity index (χ1n) is 5.60. The van der Waals surface area contributed by atoms with Crippen molar-refractivity contribution in [1.82, 2.24) is 0 Å². The highest BCUT2D eigenvalue weighted by molar-refractivity contribution is 8.13. The zero-order valence-electron chi connectivity index (χ0n) is 10.3. The minimum absolute atomic E-state index is 0.324. The molecule has 0 amide bonds. The molecule has 0 aromatic carbocycles. The third-order valence-electron chi connectivity index (χ3n) is 2.49. The quantitative estimate of drug-likeness (QED) is 0.781. The summed E-state index contributed by atoms with van der Waals surface area (Å²) in [6.07, 6.45) is 6.51. The molecule has 0 saturated heterocycles. The Kier molecular flexibility index (Phi) is 3.74. The summed E-state index contributed by atoms with van der Waals surface area (Å²) in [7, 11) is 0. The molecule has 0 bridgehead atoms. The first-order chi connectivity index (χ1) is 8.62. The Morgan fingerprint density at radius 3 is 2.78 bits per heavy atom. The monoisotopic (exact) mass is 265 g/mol. The molecule has 2 aliphatic rings. The van der Waals surface area contributed by atoms with Gasteiger partial charge in [-0.3, -0.25) is 5.73 Å². The second-order valence-corrected chi connectivity index (χ2v) is 4.63. The van der Waals surface area contributed by atoms with Gasteiger partial charge in [0.05, 0.1) is 6.61 Å². The Bertz CT molecular complexity index is 506. The summed E-state index contributed by atoms with van der Waals surface area (Å²) in [5, 5.41) is 9.93. The summed E-state index contributed by atoms with van der Waals surface area (Å²) in [6, 6.07) is 0. The number of rotatable bonds is 3. The highest BCUT2D eigenvalue weighted by Crippen LogP contribution is 2.21. The van der Waals surface area contributed by atoms with E-state index in [0.717, 1.165) is 6.42 Å². The number of nitrogens with zero attached hydrogens (tertiary/aromatic N) is 4. The van der Waals surface area contributed by atoms with E-state index in [2.05, 4.69) is 20.0 Å². The van der Waals surface area contributed by atoms with Gasteiger partial charge in [-0.05, 0) is 18.8 Å². The van der Waals surface area contributed by atoms with E-state index in [1.54, 1.807) is 0 Å². The lowest BCUT2D eigenvalue weighted by Crippen LogP contribution is -2.54. The molecule has 0 aromatic heterocycles. The maximum absolute atomic E-state index is 9.43. The number of hydrogen-bond acceptors (Lipinski definition) is 7. The Morgan fingerprint density at radius 2 is 2.17 bits per heavy atom. The van der Waals surface area contributed by atoms with Crippen molar-refractivity contribution in [2.75, 3.05) is 12.9 Å². The summed E-state index contributed by atoms with van der Waals surface area (Å²) in [5.74, 6) is 0.994. The number of allylic oxidation sites excluding steroid dienone is 1. The molecule has 1 atom stereocenters. The van der Waals surface area contributed by atoms with E-state index in [0.29, 0.717) is 22.6 Å². The standard InChI is InChI=1S/C11H15N5OS/c1-3-4-5-7-13-8-9(14-7)15-10(18-2)16-11(8,12)6-17/h4-5,17H,3,6,12H2,1-2H3. The average molecular weight is 265 g/mol. The molecule has 2 rings (SSSR count). The third kappa shape index (κ3) is 2.29. The molecule has 6 nitrogen and oxygen atoms in total. The molecule has 3 N–H and O–H groups in total. The highest BCUT2D eigenvalue weighted by atomic mass is 32.2. The normalized spacial score (nSPS) is 26.7. The molecular formula is C11H15N5OS. The van der Waals surface area contributed by atoms with Crippen molar-refractivity contribution in [3.05, 3.63) is 12.2 Å². The lowest BCUT2D eigenvalue weighted by molar-refractivity contribution is 0.244. The van der Waals surface area contributed by atoms with Gasteiger partial charge in [-0.1, -0.05) is 24.8 Å². The van der Waals surface area contributed by atoms with Crippen molar-refractivity contribution < 1.29 is 5.11 Å². The molecule has 0 aromatic rings. The van der Waals surface area contributed by atoms with Crippen LogP contribution in [0, 0.1) is 0 Å². The van der Waals surface area contributed by atoms with Crippen LogP contribution in [0.15, 0.2) is 32.1 Å². The molecule has 0 aliphatic carbocycles. The molecule has 0 fully saturated rings. The van der Waals surface area contributed by atoms with Crippen LogP contribution < -0.4 is 5.73 Å². The SMILES string of the molecule is CCC=CC1=NC2=NC(SC)=NC(N)(CO)C2=N1. The second-order valence-electron chi connectivity index (χ2n) is 3.86. The van der Waals surface area contributed by atoms with Crippen molar-refractivity contribution >= 4 is 34.3 Å². The summed E-state index contributed by atoms with van der Waals surface area (Å²) >= 11 is 1.36. The Labute approximate surface area is 110 Å². The number of amidine groups is 3. The fraction of sp³-hybridized carbons (Fsp3) is 0.455. The number of fused-ring (bicyclic) bond motifs is 1. The fourth-order valence-corrected chi connectivity index (χ4v) is 1.99. The van der Waals surface area contributed by atoms with E-state index in [-0.39, 0.29) is 6.61 Å². The van der Waals surface area contributed by atoms with Crippen molar-refractivity contribution in [3.63, 3.8) is 0 Å². The number of nitrogens with two attached hydrogens (primary N) is 1. The van der Waals surface area contributed by atoms with Gasteiger partial charge in [-0.25, -0.2) is 20.0 Å². The van der Waals surface area contributed by atoms with Crippen LogP contribution in [0.4, 0.5) is 0 Å².